The van der Waals surface area contributed by atoms with Gasteiger partial charge in [-0.1, -0.05) is 20.8 Å². The second-order valence-electron chi connectivity index (χ2n) is 7.03. The van der Waals surface area contributed by atoms with E-state index in [1.165, 1.54) is 15.8 Å². The number of anilines is 2. The Morgan fingerprint density at radius 2 is 2.00 bits per heavy atom. The fraction of sp³-hybridized carbons (Fsp3) is 0.294. The zero-order valence-electron chi connectivity index (χ0n) is 13.8. The summed E-state index contributed by atoms with van der Waals surface area (Å²) in [7, 11) is 0. The summed E-state index contributed by atoms with van der Waals surface area (Å²) >= 11 is 1.54. The van der Waals surface area contributed by atoms with Gasteiger partial charge in [-0.05, 0) is 41.6 Å². The molecule has 0 atom stereocenters. The first-order chi connectivity index (χ1) is 11.5. The quantitative estimate of drug-likeness (QED) is 0.582. The minimum atomic E-state index is 0.228. The lowest BCUT2D eigenvalue weighted by Crippen LogP contribution is -2.09. The molecule has 0 aliphatic heterocycles. The first-order valence-corrected chi connectivity index (χ1v) is 8.57. The van der Waals surface area contributed by atoms with Crippen LogP contribution < -0.4 is 5.32 Å². The Morgan fingerprint density at radius 1 is 1.17 bits per heavy atom. The maximum Gasteiger partial charge on any atom is 0.201 e. The van der Waals surface area contributed by atoms with E-state index < -0.39 is 0 Å². The first-order valence-electron chi connectivity index (χ1n) is 7.80. The molecule has 0 fully saturated rings. The Balaban J connectivity index is 1.66. The normalized spacial score (nSPS) is 12.1. The van der Waals surface area contributed by atoms with E-state index in [2.05, 4.69) is 68.8 Å². The second kappa shape index (κ2) is 5.52. The largest absolute Gasteiger partial charge is 0.339 e. The number of nitrogens with one attached hydrogen (secondary N) is 2. The van der Waals surface area contributed by atoms with E-state index in [1.54, 1.807) is 23.9 Å². The van der Waals surface area contributed by atoms with Gasteiger partial charge >= 0.3 is 0 Å². The number of H-pyrrole nitrogens is 1. The van der Waals surface area contributed by atoms with E-state index >= 15 is 0 Å². The van der Waals surface area contributed by atoms with E-state index in [-0.39, 0.29) is 5.41 Å². The molecule has 24 heavy (non-hydrogen) atoms. The number of hydrogen-bond donors (Lipinski definition) is 2. The molecule has 2 N–H and O–H groups in total. The molecule has 0 amide bonds. The van der Waals surface area contributed by atoms with E-state index in [4.69, 9.17) is 0 Å². The Labute approximate surface area is 143 Å². The zero-order chi connectivity index (χ0) is 16.7. The van der Waals surface area contributed by atoms with E-state index in [0.29, 0.717) is 5.65 Å². The smallest absolute Gasteiger partial charge is 0.201 e. The third kappa shape index (κ3) is 2.82. The van der Waals surface area contributed by atoms with E-state index in [9.17, 15) is 0 Å². The number of hydrogen-bond acceptors (Lipinski definition) is 6. The minimum absolute atomic E-state index is 0.228. The monoisotopic (exact) mass is 338 g/mol. The molecule has 3 heterocycles. The molecule has 0 saturated heterocycles. The van der Waals surface area contributed by atoms with E-state index in [0.717, 1.165) is 23.4 Å². The van der Waals surface area contributed by atoms with Crippen LogP contribution in [0.2, 0.25) is 0 Å². The number of rotatable bonds is 3. The van der Waals surface area contributed by atoms with Crippen LogP contribution in [0.1, 0.15) is 26.5 Å². The Kier molecular flexibility index (Phi) is 3.45. The molecule has 0 bridgehead atoms. The van der Waals surface area contributed by atoms with Gasteiger partial charge < -0.3 is 5.32 Å². The summed E-state index contributed by atoms with van der Waals surface area (Å²) < 4.78 is 5.82. The highest BCUT2D eigenvalue weighted by molar-refractivity contribution is 7.13. The SMILES string of the molecule is CC(C)(C)Cc1nsc2cc(Nc3[nH]nc4nccnc34)ccc12. The van der Waals surface area contributed by atoms with Crippen LogP contribution in [-0.2, 0) is 6.42 Å². The standard InChI is InChI=1S/C17H18N6S/c1-17(2,3)9-12-11-5-4-10(8-13(11)24-23-12)20-16-14-15(21-22-16)19-7-6-18-14/h4-8H,9H2,1-3H3,(H2,19,20,21,22). The van der Waals surface area contributed by atoms with Gasteiger partial charge in [-0.15, -0.1) is 0 Å². The highest BCUT2D eigenvalue weighted by Crippen LogP contribution is 2.31. The van der Waals surface area contributed by atoms with Crippen molar-refractivity contribution in [3.63, 3.8) is 0 Å². The molecule has 6 nitrogen and oxygen atoms in total. The van der Waals surface area contributed by atoms with Gasteiger partial charge in [0.05, 0.1) is 10.4 Å². The van der Waals surface area contributed by atoms with Gasteiger partial charge in [-0.25, -0.2) is 9.97 Å². The molecule has 0 aliphatic rings. The predicted octanol–water partition coefficient (Wildman–Crippen LogP) is 4.29. The summed E-state index contributed by atoms with van der Waals surface area (Å²) in [4.78, 5) is 8.49. The third-order valence-corrected chi connectivity index (χ3v) is 4.55. The molecule has 4 rings (SSSR count). The topological polar surface area (TPSA) is 79.4 Å². The van der Waals surface area contributed by atoms with Crippen LogP contribution >= 0.6 is 11.5 Å². The Hall–Kier alpha value is -2.54. The maximum atomic E-state index is 4.64. The fourth-order valence-electron chi connectivity index (χ4n) is 2.68. The van der Waals surface area contributed by atoms with Gasteiger partial charge in [0.15, 0.2) is 11.3 Å². The van der Waals surface area contributed by atoms with Gasteiger partial charge in [0.1, 0.15) is 0 Å². The fourth-order valence-corrected chi connectivity index (χ4v) is 3.51. The summed E-state index contributed by atoms with van der Waals surface area (Å²) in [5.74, 6) is 0.747. The molecule has 0 unspecified atom stereocenters. The molecule has 0 saturated carbocycles. The zero-order valence-corrected chi connectivity index (χ0v) is 14.6. The van der Waals surface area contributed by atoms with Crippen LogP contribution in [0.4, 0.5) is 11.5 Å². The lowest BCUT2D eigenvalue weighted by Gasteiger charge is -2.16. The second-order valence-corrected chi connectivity index (χ2v) is 7.83. The van der Waals surface area contributed by atoms with Crippen molar-refractivity contribution in [1.82, 2.24) is 24.5 Å². The third-order valence-electron chi connectivity index (χ3n) is 3.70. The van der Waals surface area contributed by atoms with Crippen LogP contribution in [0.25, 0.3) is 21.3 Å². The Morgan fingerprint density at radius 3 is 2.83 bits per heavy atom. The van der Waals surface area contributed by atoms with Gasteiger partial charge in [0.25, 0.3) is 0 Å². The number of aromatic nitrogens is 5. The Bertz CT molecular complexity index is 1010. The minimum Gasteiger partial charge on any atom is -0.339 e. The maximum absolute atomic E-state index is 4.64. The molecule has 0 spiro atoms. The average Bonchev–Trinajstić information content (AvgIpc) is 3.11. The van der Waals surface area contributed by atoms with Crippen LogP contribution in [0.5, 0.6) is 0 Å². The molecular weight excluding hydrogens is 320 g/mol. The number of nitrogens with zero attached hydrogens (tertiary/aromatic N) is 4. The molecule has 7 heteroatoms. The van der Waals surface area contributed by atoms with Crippen molar-refractivity contribution in [1.29, 1.82) is 0 Å². The van der Waals surface area contributed by atoms with Crippen molar-refractivity contribution < 1.29 is 0 Å². The number of benzene rings is 1. The van der Waals surface area contributed by atoms with Gasteiger partial charge in [-0.3, -0.25) is 5.10 Å². The molecule has 3 aromatic heterocycles. The molecular formula is C17H18N6S. The summed E-state index contributed by atoms with van der Waals surface area (Å²) in [6, 6.07) is 6.31. The molecule has 4 aromatic rings. The lowest BCUT2D eigenvalue weighted by molar-refractivity contribution is 0.409. The van der Waals surface area contributed by atoms with Crippen molar-refractivity contribution in [2.45, 2.75) is 27.2 Å². The lowest BCUT2D eigenvalue weighted by atomic mass is 9.89. The summed E-state index contributed by atoms with van der Waals surface area (Å²) in [5, 5.41) is 11.7. The van der Waals surface area contributed by atoms with Crippen molar-refractivity contribution in [2.75, 3.05) is 5.32 Å². The van der Waals surface area contributed by atoms with Crippen molar-refractivity contribution in [2.24, 2.45) is 5.41 Å². The molecule has 122 valence electrons. The van der Waals surface area contributed by atoms with Gasteiger partial charge in [0, 0.05) is 23.5 Å². The highest BCUT2D eigenvalue weighted by Gasteiger charge is 2.16. The van der Waals surface area contributed by atoms with E-state index in [1.807, 2.05) is 0 Å². The average molecular weight is 338 g/mol. The van der Waals surface area contributed by atoms with Crippen LogP contribution in [0, 0.1) is 5.41 Å². The van der Waals surface area contributed by atoms with Crippen LogP contribution in [-0.4, -0.2) is 24.5 Å². The van der Waals surface area contributed by atoms with Crippen LogP contribution in [0.3, 0.4) is 0 Å². The number of aromatic amines is 1. The van der Waals surface area contributed by atoms with Crippen LogP contribution in [0.15, 0.2) is 30.6 Å². The molecule has 1 aromatic carbocycles. The summed E-state index contributed by atoms with van der Waals surface area (Å²) in [5.41, 5.74) is 3.71. The molecule has 0 aliphatic carbocycles. The molecule has 0 radical (unpaired) electrons. The first kappa shape index (κ1) is 15.0. The highest BCUT2D eigenvalue weighted by atomic mass is 32.1. The van der Waals surface area contributed by atoms with Gasteiger partial charge in [-0.2, -0.15) is 9.47 Å². The predicted molar refractivity (Wildman–Crippen MR) is 97.7 cm³/mol. The van der Waals surface area contributed by atoms with Crippen molar-refractivity contribution >= 4 is 44.3 Å². The number of fused-ring (bicyclic) bond motifs is 2. The summed E-state index contributed by atoms with van der Waals surface area (Å²) in [6.45, 7) is 6.70. The van der Waals surface area contributed by atoms with Crippen molar-refractivity contribution in [3.05, 3.63) is 36.3 Å². The van der Waals surface area contributed by atoms with Gasteiger partial charge in [0.2, 0.25) is 5.65 Å². The summed E-state index contributed by atoms with van der Waals surface area (Å²) in [6.07, 6.45) is 4.27. The van der Waals surface area contributed by atoms with Crippen molar-refractivity contribution in [3.8, 4) is 0 Å².